The topological polar surface area (TPSA) is 80.1 Å². The van der Waals surface area contributed by atoms with Crippen LogP contribution in [0.25, 0.3) is 11.2 Å². The van der Waals surface area contributed by atoms with Crippen LogP contribution < -0.4 is 5.32 Å². The van der Waals surface area contributed by atoms with Crippen molar-refractivity contribution in [3.63, 3.8) is 0 Å². The second kappa shape index (κ2) is 9.10. The average Bonchev–Trinajstić information content (AvgIpc) is 3.50. The normalized spacial score (nSPS) is 17.7. The minimum Gasteiger partial charge on any atom is -0.349 e. The van der Waals surface area contributed by atoms with Gasteiger partial charge in [-0.15, -0.1) is 0 Å². The number of fused-ring (bicyclic) bond motifs is 1. The lowest BCUT2D eigenvalue weighted by Gasteiger charge is -2.34. The Morgan fingerprint density at radius 2 is 1.75 bits per heavy atom. The Bertz CT molecular complexity index is 1100. The van der Waals surface area contributed by atoms with E-state index in [9.17, 15) is 9.59 Å². The van der Waals surface area contributed by atoms with Crippen LogP contribution in [0.4, 0.5) is 0 Å². The van der Waals surface area contributed by atoms with Crippen molar-refractivity contribution in [2.75, 3.05) is 13.1 Å². The molecule has 1 aromatic carbocycles. The maximum Gasteiger partial charge on any atom is 0.253 e. The Morgan fingerprint density at radius 1 is 1.00 bits per heavy atom. The van der Waals surface area contributed by atoms with Gasteiger partial charge in [-0.2, -0.15) is 0 Å². The maximum absolute atomic E-state index is 12.8. The van der Waals surface area contributed by atoms with Gasteiger partial charge in [-0.3, -0.25) is 9.59 Å². The minimum absolute atomic E-state index is 0.0847. The SMILES string of the molecule is O=C(NC1CCN(C(=O)C2CCCC2)CC1)c1cnc2c(c1)ncn2Cc1ccccc1. The van der Waals surface area contributed by atoms with Gasteiger partial charge in [-0.25, -0.2) is 9.97 Å². The van der Waals surface area contributed by atoms with Crippen molar-refractivity contribution in [3.8, 4) is 0 Å². The molecule has 2 aromatic heterocycles. The zero-order valence-corrected chi connectivity index (χ0v) is 18.2. The second-order valence-corrected chi connectivity index (χ2v) is 8.98. The van der Waals surface area contributed by atoms with E-state index in [0.717, 1.165) is 44.4 Å². The first-order valence-corrected chi connectivity index (χ1v) is 11.6. The molecule has 0 atom stereocenters. The van der Waals surface area contributed by atoms with Gasteiger partial charge in [0.25, 0.3) is 5.91 Å². The number of hydrogen-bond donors (Lipinski definition) is 1. The number of carbonyl (C=O) groups excluding carboxylic acids is 2. The van der Waals surface area contributed by atoms with Gasteiger partial charge in [0.1, 0.15) is 5.52 Å². The Morgan fingerprint density at radius 3 is 2.50 bits per heavy atom. The lowest BCUT2D eigenvalue weighted by Crippen LogP contribution is -2.47. The summed E-state index contributed by atoms with van der Waals surface area (Å²) in [6.45, 7) is 2.14. The van der Waals surface area contributed by atoms with Crippen molar-refractivity contribution in [1.29, 1.82) is 0 Å². The molecule has 2 aliphatic rings. The number of aromatic nitrogens is 3. The van der Waals surface area contributed by atoms with Crippen LogP contribution in [0.15, 0.2) is 48.9 Å². The van der Waals surface area contributed by atoms with E-state index in [2.05, 4.69) is 27.4 Å². The lowest BCUT2D eigenvalue weighted by molar-refractivity contribution is -0.136. The highest BCUT2D eigenvalue weighted by atomic mass is 16.2. The van der Waals surface area contributed by atoms with Gasteiger partial charge in [-0.05, 0) is 37.3 Å². The molecule has 2 fully saturated rings. The second-order valence-electron chi connectivity index (χ2n) is 8.98. The van der Waals surface area contributed by atoms with Gasteiger partial charge in [-0.1, -0.05) is 43.2 Å². The lowest BCUT2D eigenvalue weighted by atomic mass is 10.0. The molecule has 0 spiro atoms. The number of benzene rings is 1. The van der Waals surface area contributed by atoms with Gasteiger partial charge in [0.15, 0.2) is 5.65 Å². The Hall–Kier alpha value is -3.22. The zero-order valence-electron chi connectivity index (χ0n) is 18.2. The molecule has 3 aromatic rings. The number of amides is 2. The highest BCUT2D eigenvalue weighted by Gasteiger charge is 2.30. The number of rotatable bonds is 5. The van der Waals surface area contributed by atoms with E-state index in [1.807, 2.05) is 27.7 Å². The molecule has 1 saturated heterocycles. The first-order chi connectivity index (χ1) is 15.7. The molecule has 1 saturated carbocycles. The molecule has 0 unspecified atom stereocenters. The molecule has 3 heterocycles. The smallest absolute Gasteiger partial charge is 0.253 e. The first kappa shape index (κ1) is 20.7. The summed E-state index contributed by atoms with van der Waals surface area (Å²) in [5.74, 6) is 0.409. The average molecular weight is 432 g/mol. The number of piperidine rings is 1. The molecule has 7 heteroatoms. The summed E-state index contributed by atoms with van der Waals surface area (Å²) in [5, 5.41) is 3.12. The van der Waals surface area contributed by atoms with E-state index in [0.29, 0.717) is 23.5 Å². The van der Waals surface area contributed by atoms with Crippen molar-refractivity contribution in [1.82, 2.24) is 24.8 Å². The van der Waals surface area contributed by atoms with Crippen molar-refractivity contribution in [2.45, 2.75) is 51.1 Å². The molecule has 5 rings (SSSR count). The van der Waals surface area contributed by atoms with E-state index >= 15 is 0 Å². The van der Waals surface area contributed by atoms with Crippen molar-refractivity contribution >= 4 is 23.0 Å². The molecule has 0 bridgehead atoms. The predicted molar refractivity (Wildman–Crippen MR) is 122 cm³/mol. The standard InChI is InChI=1S/C25H29N5O2/c31-24(28-21-10-12-29(13-11-21)25(32)19-8-4-5-9-19)20-14-22-23(26-15-20)30(17-27-22)16-18-6-2-1-3-7-18/h1-3,6-7,14-15,17,19,21H,4-5,8-13,16H2,(H,28,31). The van der Waals surface area contributed by atoms with Crippen molar-refractivity contribution < 1.29 is 9.59 Å². The van der Waals surface area contributed by atoms with Crippen LogP contribution in [0.5, 0.6) is 0 Å². The van der Waals surface area contributed by atoms with Gasteiger partial charge in [0, 0.05) is 31.2 Å². The van der Waals surface area contributed by atoms with E-state index in [-0.39, 0.29) is 17.9 Å². The van der Waals surface area contributed by atoms with Crippen LogP contribution in [0, 0.1) is 5.92 Å². The van der Waals surface area contributed by atoms with Crippen LogP contribution in [0.2, 0.25) is 0 Å². The summed E-state index contributed by atoms with van der Waals surface area (Å²) in [5.41, 5.74) is 3.18. The molecule has 1 aliphatic carbocycles. The Balaban J connectivity index is 1.19. The Kier molecular flexibility index (Phi) is 5.88. The number of nitrogens with zero attached hydrogens (tertiary/aromatic N) is 4. The van der Waals surface area contributed by atoms with Crippen molar-refractivity contribution in [3.05, 3.63) is 60.0 Å². The fourth-order valence-corrected chi connectivity index (χ4v) is 4.91. The molecular weight excluding hydrogens is 402 g/mol. The zero-order chi connectivity index (χ0) is 21.9. The summed E-state index contributed by atoms with van der Waals surface area (Å²) < 4.78 is 1.99. The highest BCUT2D eigenvalue weighted by molar-refractivity contribution is 5.96. The summed E-state index contributed by atoms with van der Waals surface area (Å²) >= 11 is 0. The van der Waals surface area contributed by atoms with Crippen molar-refractivity contribution in [2.24, 2.45) is 5.92 Å². The van der Waals surface area contributed by atoms with Gasteiger partial charge in [0.2, 0.25) is 5.91 Å². The number of imidazole rings is 1. The van der Waals surface area contributed by atoms with E-state index in [1.54, 1.807) is 18.6 Å². The summed E-state index contributed by atoms with van der Waals surface area (Å²) in [7, 11) is 0. The summed E-state index contributed by atoms with van der Waals surface area (Å²) in [4.78, 5) is 36.4. The number of nitrogens with one attached hydrogen (secondary N) is 1. The van der Waals surface area contributed by atoms with Gasteiger partial charge in [0.05, 0.1) is 18.4 Å². The monoisotopic (exact) mass is 431 g/mol. The molecule has 7 nitrogen and oxygen atoms in total. The molecular formula is C25H29N5O2. The third kappa shape index (κ3) is 4.38. The molecule has 0 radical (unpaired) electrons. The van der Waals surface area contributed by atoms with Crippen LogP contribution in [0.3, 0.4) is 0 Å². The molecule has 32 heavy (non-hydrogen) atoms. The molecule has 1 aliphatic heterocycles. The summed E-state index contributed by atoms with van der Waals surface area (Å²) in [6, 6.07) is 12.1. The largest absolute Gasteiger partial charge is 0.349 e. The minimum atomic E-state index is -0.127. The van der Waals surface area contributed by atoms with Crippen LogP contribution in [-0.2, 0) is 11.3 Å². The summed E-state index contributed by atoms with van der Waals surface area (Å²) in [6.07, 6.45) is 9.40. The third-order valence-electron chi connectivity index (χ3n) is 6.76. The quantitative estimate of drug-likeness (QED) is 0.672. The number of hydrogen-bond acceptors (Lipinski definition) is 4. The first-order valence-electron chi connectivity index (χ1n) is 11.6. The molecule has 1 N–H and O–H groups in total. The maximum atomic E-state index is 12.8. The van der Waals surface area contributed by atoms with E-state index in [1.165, 1.54) is 18.4 Å². The van der Waals surface area contributed by atoms with Crippen LogP contribution >= 0.6 is 0 Å². The highest BCUT2D eigenvalue weighted by Crippen LogP contribution is 2.27. The fraction of sp³-hybridized carbons (Fsp3) is 0.440. The van der Waals surface area contributed by atoms with Gasteiger partial charge < -0.3 is 14.8 Å². The predicted octanol–water partition coefficient (Wildman–Crippen LogP) is 3.39. The van der Waals surface area contributed by atoms with E-state index < -0.39 is 0 Å². The number of likely N-dealkylation sites (tertiary alicyclic amines) is 1. The van der Waals surface area contributed by atoms with Crippen LogP contribution in [0.1, 0.15) is 54.4 Å². The van der Waals surface area contributed by atoms with Crippen LogP contribution in [-0.4, -0.2) is 50.4 Å². The molecule has 166 valence electrons. The van der Waals surface area contributed by atoms with E-state index in [4.69, 9.17) is 0 Å². The fourth-order valence-electron chi connectivity index (χ4n) is 4.91. The number of pyridine rings is 1. The number of carbonyl (C=O) groups is 2. The third-order valence-corrected chi connectivity index (χ3v) is 6.76. The molecule has 2 amide bonds. The van der Waals surface area contributed by atoms with Gasteiger partial charge >= 0.3 is 0 Å². The Labute approximate surface area is 187 Å².